The fraction of sp³-hybridized carbons (Fsp3) is 0.923. The van der Waals surface area contributed by atoms with Gasteiger partial charge in [-0.1, -0.05) is 26.7 Å². The molecule has 1 saturated heterocycles. The summed E-state index contributed by atoms with van der Waals surface area (Å²) >= 11 is 0. The van der Waals surface area contributed by atoms with E-state index in [0.717, 1.165) is 6.42 Å². The molecule has 2 fully saturated rings. The van der Waals surface area contributed by atoms with Crippen LogP contribution >= 0.6 is 0 Å². The number of hydrogen-bond acceptors (Lipinski definition) is 2. The van der Waals surface area contributed by atoms with Crippen LogP contribution in [0.2, 0.25) is 0 Å². The number of nitrogens with zero attached hydrogens (tertiary/aromatic N) is 2. The highest BCUT2D eigenvalue weighted by atomic mass is 15.2. The Balaban J connectivity index is 2.01. The largest absolute Gasteiger partial charge is 0.299 e. The molecule has 0 spiro atoms. The van der Waals surface area contributed by atoms with Crippen LogP contribution in [0.25, 0.3) is 0 Å². The molecule has 0 radical (unpaired) electrons. The van der Waals surface area contributed by atoms with Crippen LogP contribution in [0.15, 0.2) is 0 Å². The van der Waals surface area contributed by atoms with Crippen molar-refractivity contribution in [3.63, 3.8) is 0 Å². The zero-order chi connectivity index (χ0) is 10.9. The lowest BCUT2D eigenvalue weighted by Gasteiger charge is -2.35. The average molecular weight is 206 g/mol. The summed E-state index contributed by atoms with van der Waals surface area (Å²) in [6.07, 6.45) is 6.24. The first-order valence-corrected chi connectivity index (χ1v) is 6.26. The van der Waals surface area contributed by atoms with Gasteiger partial charge in [0.2, 0.25) is 0 Å². The normalized spacial score (nSPS) is 36.3. The average Bonchev–Trinajstić information content (AvgIpc) is 2.59. The maximum Gasteiger partial charge on any atom is 0.0672 e. The van der Waals surface area contributed by atoms with Crippen LogP contribution in [0.3, 0.4) is 0 Å². The van der Waals surface area contributed by atoms with Gasteiger partial charge < -0.3 is 0 Å². The molecule has 0 aromatic rings. The Kier molecular flexibility index (Phi) is 3.02. The summed E-state index contributed by atoms with van der Waals surface area (Å²) in [5.74, 6) is 0.299. The molecule has 1 aliphatic heterocycles. The van der Waals surface area contributed by atoms with Crippen LogP contribution < -0.4 is 0 Å². The van der Waals surface area contributed by atoms with Crippen molar-refractivity contribution in [3.05, 3.63) is 0 Å². The number of nitriles is 1. The molecule has 0 N–H and O–H groups in total. The fourth-order valence-corrected chi connectivity index (χ4v) is 3.14. The molecule has 0 aromatic heterocycles. The lowest BCUT2D eigenvalue weighted by molar-refractivity contribution is 0.143. The third-order valence-electron chi connectivity index (χ3n) is 4.07. The van der Waals surface area contributed by atoms with Crippen molar-refractivity contribution in [2.45, 2.75) is 52.0 Å². The van der Waals surface area contributed by atoms with Crippen molar-refractivity contribution in [2.75, 3.05) is 13.1 Å². The fourth-order valence-electron chi connectivity index (χ4n) is 3.14. The van der Waals surface area contributed by atoms with Gasteiger partial charge in [-0.25, -0.2) is 0 Å². The SMILES string of the molecule is CC1(C)CCN(C2CCCCC2C#N)C1. The van der Waals surface area contributed by atoms with Gasteiger partial charge in [-0.2, -0.15) is 5.26 Å². The minimum Gasteiger partial charge on any atom is -0.299 e. The topological polar surface area (TPSA) is 27.0 Å². The van der Waals surface area contributed by atoms with Crippen molar-refractivity contribution in [2.24, 2.45) is 11.3 Å². The summed E-state index contributed by atoms with van der Waals surface area (Å²) in [5, 5.41) is 9.18. The van der Waals surface area contributed by atoms with Gasteiger partial charge in [0.05, 0.1) is 12.0 Å². The second-order valence-electron chi connectivity index (χ2n) is 5.97. The van der Waals surface area contributed by atoms with E-state index in [2.05, 4.69) is 24.8 Å². The molecule has 1 heterocycles. The molecule has 2 nitrogen and oxygen atoms in total. The van der Waals surface area contributed by atoms with Crippen molar-refractivity contribution in [1.82, 2.24) is 4.90 Å². The van der Waals surface area contributed by atoms with Gasteiger partial charge in [0.1, 0.15) is 0 Å². The molecule has 1 aliphatic carbocycles. The highest BCUT2D eigenvalue weighted by Crippen LogP contribution is 2.36. The van der Waals surface area contributed by atoms with E-state index in [1.165, 1.54) is 38.8 Å². The van der Waals surface area contributed by atoms with E-state index in [-0.39, 0.29) is 0 Å². The maximum atomic E-state index is 9.18. The molecule has 0 aromatic carbocycles. The molecule has 0 amide bonds. The predicted molar refractivity (Wildman–Crippen MR) is 61.3 cm³/mol. The molecule has 2 rings (SSSR count). The van der Waals surface area contributed by atoms with Gasteiger partial charge in [0.25, 0.3) is 0 Å². The van der Waals surface area contributed by atoms with E-state index in [4.69, 9.17) is 0 Å². The highest BCUT2D eigenvalue weighted by Gasteiger charge is 2.37. The Hall–Kier alpha value is -0.550. The Morgan fingerprint density at radius 1 is 1.27 bits per heavy atom. The van der Waals surface area contributed by atoms with Gasteiger partial charge in [0, 0.05) is 12.6 Å². The van der Waals surface area contributed by atoms with Crippen LogP contribution in [0.4, 0.5) is 0 Å². The van der Waals surface area contributed by atoms with Gasteiger partial charge in [0.15, 0.2) is 0 Å². The minimum absolute atomic E-state index is 0.299. The Morgan fingerprint density at radius 3 is 2.60 bits per heavy atom. The van der Waals surface area contributed by atoms with Gasteiger partial charge in [-0.15, -0.1) is 0 Å². The molecular formula is C13H22N2. The molecule has 2 aliphatic rings. The molecular weight excluding hydrogens is 184 g/mol. The van der Waals surface area contributed by atoms with E-state index in [1.54, 1.807) is 0 Å². The molecule has 84 valence electrons. The van der Waals surface area contributed by atoms with Crippen LogP contribution in [-0.4, -0.2) is 24.0 Å². The summed E-state index contributed by atoms with van der Waals surface area (Å²) in [7, 11) is 0. The van der Waals surface area contributed by atoms with Crippen molar-refractivity contribution < 1.29 is 0 Å². The molecule has 15 heavy (non-hydrogen) atoms. The summed E-state index contributed by atoms with van der Waals surface area (Å²) in [6.45, 7) is 7.08. The van der Waals surface area contributed by atoms with Crippen LogP contribution in [0, 0.1) is 22.7 Å². The van der Waals surface area contributed by atoms with Crippen molar-refractivity contribution >= 4 is 0 Å². The number of likely N-dealkylation sites (tertiary alicyclic amines) is 1. The van der Waals surface area contributed by atoms with E-state index in [1.807, 2.05) is 0 Å². The summed E-state index contributed by atoms with van der Waals surface area (Å²) in [4.78, 5) is 2.58. The van der Waals surface area contributed by atoms with Gasteiger partial charge in [-0.05, 0) is 31.2 Å². The predicted octanol–water partition coefficient (Wildman–Crippen LogP) is 2.80. The van der Waals surface area contributed by atoms with Crippen molar-refractivity contribution in [1.29, 1.82) is 5.26 Å². The standard InChI is InChI=1S/C13H22N2/c1-13(2)7-8-15(10-13)12-6-4-3-5-11(12)9-14/h11-12H,3-8,10H2,1-2H3. The van der Waals surface area contributed by atoms with E-state index < -0.39 is 0 Å². The minimum atomic E-state index is 0.299. The maximum absolute atomic E-state index is 9.18. The zero-order valence-electron chi connectivity index (χ0n) is 10.00. The highest BCUT2D eigenvalue weighted by molar-refractivity contribution is 4.98. The number of hydrogen-bond donors (Lipinski definition) is 0. The third kappa shape index (κ3) is 2.34. The van der Waals surface area contributed by atoms with Gasteiger partial charge >= 0.3 is 0 Å². The van der Waals surface area contributed by atoms with Crippen LogP contribution in [0.1, 0.15) is 46.0 Å². The molecule has 2 heteroatoms. The second kappa shape index (κ2) is 4.14. The first-order valence-electron chi connectivity index (χ1n) is 6.26. The smallest absolute Gasteiger partial charge is 0.0672 e. The first-order chi connectivity index (χ1) is 7.12. The molecule has 2 atom stereocenters. The zero-order valence-corrected chi connectivity index (χ0v) is 10.00. The Morgan fingerprint density at radius 2 is 2.00 bits per heavy atom. The molecule has 2 unspecified atom stereocenters. The second-order valence-corrected chi connectivity index (χ2v) is 5.97. The summed E-state index contributed by atoms with van der Waals surface area (Å²) in [5.41, 5.74) is 0.470. The number of rotatable bonds is 1. The first kappa shape index (κ1) is 11.0. The Bertz CT molecular complexity index is 264. The van der Waals surface area contributed by atoms with Crippen LogP contribution in [0.5, 0.6) is 0 Å². The van der Waals surface area contributed by atoms with Crippen molar-refractivity contribution in [3.8, 4) is 6.07 Å². The monoisotopic (exact) mass is 206 g/mol. The van der Waals surface area contributed by atoms with Crippen LogP contribution in [-0.2, 0) is 0 Å². The van der Waals surface area contributed by atoms with E-state index in [9.17, 15) is 5.26 Å². The third-order valence-corrected chi connectivity index (χ3v) is 4.07. The van der Waals surface area contributed by atoms with Gasteiger partial charge in [-0.3, -0.25) is 4.90 Å². The quantitative estimate of drug-likeness (QED) is 0.659. The lowest BCUT2D eigenvalue weighted by Crippen LogP contribution is -2.41. The lowest BCUT2D eigenvalue weighted by atomic mass is 9.84. The summed E-state index contributed by atoms with van der Waals surface area (Å²) < 4.78 is 0. The Labute approximate surface area is 93.3 Å². The summed E-state index contributed by atoms with van der Waals surface area (Å²) in [6, 6.07) is 3.08. The van der Waals surface area contributed by atoms with E-state index in [0.29, 0.717) is 17.4 Å². The molecule has 1 saturated carbocycles. The molecule has 0 bridgehead atoms. The van der Waals surface area contributed by atoms with E-state index >= 15 is 0 Å².